The van der Waals surface area contributed by atoms with Gasteiger partial charge in [0.25, 0.3) is 5.91 Å². The number of carbonyl (C=O) groups excluding carboxylic acids is 1. The number of nitrogen functional groups attached to an aromatic ring is 1. The molecule has 4 nitrogen and oxygen atoms in total. The van der Waals surface area contributed by atoms with Crippen LogP contribution in [0.1, 0.15) is 10.4 Å². The number of hydrogen-bond donors (Lipinski definition) is 2. The van der Waals surface area contributed by atoms with Crippen molar-refractivity contribution in [3.8, 4) is 0 Å². The Hall–Kier alpha value is -1.88. The van der Waals surface area contributed by atoms with Crippen LogP contribution >= 0.6 is 15.9 Å². The number of nitrogens with two attached hydrogens (primary N) is 1. The molecule has 0 saturated carbocycles. The van der Waals surface area contributed by atoms with Gasteiger partial charge in [-0.25, -0.2) is 4.98 Å². The number of anilines is 2. The fourth-order valence-electron chi connectivity index (χ4n) is 1.32. The lowest BCUT2D eigenvalue weighted by atomic mass is 10.2. The van der Waals surface area contributed by atoms with E-state index in [0.29, 0.717) is 17.1 Å². The van der Waals surface area contributed by atoms with Crippen molar-refractivity contribution in [2.45, 2.75) is 0 Å². The van der Waals surface area contributed by atoms with Crippen molar-refractivity contribution in [3.05, 3.63) is 52.6 Å². The van der Waals surface area contributed by atoms with E-state index in [2.05, 4.69) is 26.2 Å². The standard InChI is InChI=1S/C12H10BrN3O/c13-10-4-2-1-3-9(10)12(17)16-8-5-6-11(14)15-7-8/h1-7H,(H2,14,15)(H,16,17). The van der Waals surface area contributed by atoms with Crippen molar-refractivity contribution in [2.75, 3.05) is 11.1 Å². The van der Waals surface area contributed by atoms with Gasteiger partial charge in [0.2, 0.25) is 0 Å². The summed E-state index contributed by atoms with van der Waals surface area (Å²) < 4.78 is 0.751. The van der Waals surface area contributed by atoms with Crippen LogP contribution in [0.5, 0.6) is 0 Å². The number of rotatable bonds is 2. The van der Waals surface area contributed by atoms with Crippen LogP contribution in [0.4, 0.5) is 11.5 Å². The number of halogens is 1. The zero-order chi connectivity index (χ0) is 12.3. The number of amides is 1. The summed E-state index contributed by atoms with van der Waals surface area (Å²) in [5.74, 6) is 0.230. The molecule has 86 valence electrons. The van der Waals surface area contributed by atoms with Crippen LogP contribution in [0.2, 0.25) is 0 Å². The van der Waals surface area contributed by atoms with Crippen molar-refractivity contribution in [1.82, 2.24) is 4.98 Å². The summed E-state index contributed by atoms with van der Waals surface area (Å²) in [6, 6.07) is 10.6. The summed E-state index contributed by atoms with van der Waals surface area (Å²) in [5.41, 5.74) is 6.65. The molecule has 0 spiro atoms. The third-order valence-corrected chi connectivity index (χ3v) is 2.85. The number of pyridine rings is 1. The van der Waals surface area contributed by atoms with Crippen molar-refractivity contribution in [3.63, 3.8) is 0 Å². The summed E-state index contributed by atoms with van der Waals surface area (Å²) in [6.07, 6.45) is 1.52. The highest BCUT2D eigenvalue weighted by molar-refractivity contribution is 9.10. The molecular formula is C12H10BrN3O. The molecular weight excluding hydrogens is 282 g/mol. The lowest BCUT2D eigenvalue weighted by molar-refractivity contribution is 0.102. The summed E-state index contributed by atoms with van der Waals surface area (Å²) in [4.78, 5) is 15.8. The smallest absolute Gasteiger partial charge is 0.256 e. The predicted molar refractivity (Wildman–Crippen MR) is 70.7 cm³/mol. The third kappa shape index (κ3) is 2.82. The van der Waals surface area contributed by atoms with E-state index in [1.807, 2.05) is 12.1 Å². The largest absolute Gasteiger partial charge is 0.384 e. The van der Waals surface area contributed by atoms with E-state index in [4.69, 9.17) is 5.73 Å². The zero-order valence-corrected chi connectivity index (χ0v) is 10.4. The molecule has 0 aliphatic carbocycles. The second kappa shape index (κ2) is 4.97. The second-order valence-corrected chi connectivity index (χ2v) is 4.26. The molecule has 0 saturated heterocycles. The summed E-state index contributed by atoms with van der Waals surface area (Å²) in [6.45, 7) is 0. The van der Waals surface area contributed by atoms with Gasteiger partial charge >= 0.3 is 0 Å². The van der Waals surface area contributed by atoms with Crippen molar-refractivity contribution in [1.29, 1.82) is 0 Å². The Kier molecular flexibility index (Phi) is 3.39. The molecule has 3 N–H and O–H groups in total. The molecule has 2 aromatic rings. The lowest BCUT2D eigenvalue weighted by Crippen LogP contribution is -2.12. The summed E-state index contributed by atoms with van der Waals surface area (Å²) in [7, 11) is 0. The first-order chi connectivity index (χ1) is 8.16. The molecule has 2 rings (SSSR count). The van der Waals surface area contributed by atoms with Crippen LogP contribution in [-0.2, 0) is 0 Å². The van der Waals surface area contributed by atoms with E-state index in [0.717, 1.165) is 4.47 Å². The van der Waals surface area contributed by atoms with Crippen LogP contribution in [0, 0.1) is 0 Å². The van der Waals surface area contributed by atoms with Crippen molar-refractivity contribution < 1.29 is 4.79 Å². The van der Waals surface area contributed by atoms with Gasteiger partial charge in [0.05, 0.1) is 17.4 Å². The minimum absolute atomic E-state index is 0.191. The van der Waals surface area contributed by atoms with Gasteiger partial charge in [0, 0.05) is 4.47 Å². The van der Waals surface area contributed by atoms with Gasteiger partial charge in [-0.1, -0.05) is 12.1 Å². The molecule has 0 bridgehead atoms. The van der Waals surface area contributed by atoms with Crippen LogP contribution in [0.25, 0.3) is 0 Å². The maximum Gasteiger partial charge on any atom is 0.256 e. The Labute approximate surface area is 107 Å². The van der Waals surface area contributed by atoms with E-state index in [9.17, 15) is 4.79 Å². The molecule has 17 heavy (non-hydrogen) atoms. The van der Waals surface area contributed by atoms with E-state index < -0.39 is 0 Å². The minimum Gasteiger partial charge on any atom is -0.384 e. The first-order valence-corrected chi connectivity index (χ1v) is 5.73. The van der Waals surface area contributed by atoms with Gasteiger partial charge in [-0.15, -0.1) is 0 Å². The van der Waals surface area contributed by atoms with E-state index >= 15 is 0 Å². The van der Waals surface area contributed by atoms with Crippen LogP contribution in [-0.4, -0.2) is 10.9 Å². The molecule has 1 amide bonds. The Morgan fingerprint density at radius 1 is 1.24 bits per heavy atom. The number of carbonyl (C=O) groups is 1. The minimum atomic E-state index is -0.191. The van der Waals surface area contributed by atoms with Crippen molar-refractivity contribution in [2.24, 2.45) is 0 Å². The molecule has 0 unspecified atom stereocenters. The molecule has 0 aliphatic heterocycles. The van der Waals surface area contributed by atoms with E-state index in [1.165, 1.54) is 6.20 Å². The monoisotopic (exact) mass is 291 g/mol. The third-order valence-electron chi connectivity index (χ3n) is 2.16. The molecule has 1 heterocycles. The van der Waals surface area contributed by atoms with Gasteiger partial charge < -0.3 is 11.1 Å². The molecule has 0 fully saturated rings. The van der Waals surface area contributed by atoms with Crippen LogP contribution in [0.15, 0.2) is 47.1 Å². The fraction of sp³-hybridized carbons (Fsp3) is 0. The average molecular weight is 292 g/mol. The second-order valence-electron chi connectivity index (χ2n) is 3.41. The van der Waals surface area contributed by atoms with Gasteiger partial charge in [0.1, 0.15) is 5.82 Å². The Morgan fingerprint density at radius 2 is 2.00 bits per heavy atom. The maximum atomic E-state index is 11.9. The topological polar surface area (TPSA) is 68.0 Å². The molecule has 1 aromatic heterocycles. The number of hydrogen-bond acceptors (Lipinski definition) is 3. The number of nitrogens with one attached hydrogen (secondary N) is 1. The maximum absolute atomic E-state index is 11.9. The fourth-order valence-corrected chi connectivity index (χ4v) is 1.79. The predicted octanol–water partition coefficient (Wildman–Crippen LogP) is 2.68. The van der Waals surface area contributed by atoms with Gasteiger partial charge in [-0.2, -0.15) is 0 Å². The zero-order valence-electron chi connectivity index (χ0n) is 8.85. The number of aromatic nitrogens is 1. The first kappa shape index (κ1) is 11.6. The lowest BCUT2D eigenvalue weighted by Gasteiger charge is -2.06. The highest BCUT2D eigenvalue weighted by Crippen LogP contribution is 2.17. The number of benzene rings is 1. The van der Waals surface area contributed by atoms with Crippen LogP contribution < -0.4 is 11.1 Å². The Balaban J connectivity index is 2.17. The van der Waals surface area contributed by atoms with Gasteiger partial charge in [0.15, 0.2) is 0 Å². The number of nitrogens with zero attached hydrogens (tertiary/aromatic N) is 1. The van der Waals surface area contributed by atoms with Gasteiger partial charge in [-0.05, 0) is 40.2 Å². The molecule has 0 atom stereocenters. The normalized spacial score (nSPS) is 9.94. The summed E-state index contributed by atoms with van der Waals surface area (Å²) >= 11 is 3.33. The van der Waals surface area contributed by atoms with Crippen LogP contribution in [0.3, 0.4) is 0 Å². The molecule has 5 heteroatoms. The summed E-state index contributed by atoms with van der Waals surface area (Å²) in [5, 5.41) is 2.74. The Morgan fingerprint density at radius 3 is 2.65 bits per heavy atom. The highest BCUT2D eigenvalue weighted by atomic mass is 79.9. The Bertz CT molecular complexity index is 540. The molecule has 1 aromatic carbocycles. The molecule has 0 radical (unpaired) electrons. The van der Waals surface area contributed by atoms with Crippen molar-refractivity contribution >= 4 is 33.3 Å². The van der Waals surface area contributed by atoms with E-state index in [1.54, 1.807) is 24.3 Å². The first-order valence-electron chi connectivity index (χ1n) is 4.94. The van der Waals surface area contributed by atoms with E-state index in [-0.39, 0.29) is 5.91 Å². The molecule has 0 aliphatic rings. The highest BCUT2D eigenvalue weighted by Gasteiger charge is 2.09. The van der Waals surface area contributed by atoms with Gasteiger partial charge in [-0.3, -0.25) is 4.79 Å². The SMILES string of the molecule is Nc1ccc(NC(=O)c2ccccc2Br)cn1. The average Bonchev–Trinajstić information content (AvgIpc) is 2.32. The quantitative estimate of drug-likeness (QED) is 0.894.